The molecular formula is C15H13ClN2OS. The molecule has 0 spiro atoms. The van der Waals surface area contributed by atoms with Crippen molar-refractivity contribution in [3.05, 3.63) is 47.0 Å². The minimum Gasteiger partial charge on any atom is -0.460 e. The van der Waals surface area contributed by atoms with Gasteiger partial charge in [0.05, 0.1) is 12.8 Å². The second-order valence-corrected chi connectivity index (χ2v) is 5.28. The summed E-state index contributed by atoms with van der Waals surface area (Å²) in [6.07, 6.45) is 1.81. The number of halogens is 1. The van der Waals surface area contributed by atoms with E-state index in [0.717, 1.165) is 35.5 Å². The molecule has 0 atom stereocenters. The third-order valence-corrected chi connectivity index (χ3v) is 4.03. The van der Waals surface area contributed by atoms with Crippen molar-refractivity contribution < 1.29 is 4.42 Å². The second-order valence-electron chi connectivity index (χ2n) is 4.50. The summed E-state index contributed by atoms with van der Waals surface area (Å²) in [6.45, 7) is 1.70. The van der Waals surface area contributed by atoms with Crippen molar-refractivity contribution in [1.82, 2.24) is 5.32 Å². The number of nitrogens with one attached hydrogen (secondary N) is 1. The highest BCUT2D eigenvalue weighted by Gasteiger charge is 2.18. The average Bonchev–Trinajstić information content (AvgIpc) is 3.18. The van der Waals surface area contributed by atoms with Crippen molar-refractivity contribution in [2.45, 2.75) is 0 Å². The molecule has 1 aromatic carbocycles. The molecule has 0 saturated carbocycles. The van der Waals surface area contributed by atoms with E-state index in [1.165, 1.54) is 11.1 Å². The van der Waals surface area contributed by atoms with Gasteiger partial charge in [-0.1, -0.05) is 18.2 Å². The van der Waals surface area contributed by atoms with Crippen LogP contribution in [-0.4, -0.2) is 18.9 Å². The molecule has 0 aliphatic carbocycles. The van der Waals surface area contributed by atoms with E-state index in [1.807, 2.05) is 6.26 Å². The predicted octanol–water partition coefficient (Wildman–Crippen LogP) is 3.93. The molecule has 102 valence electrons. The monoisotopic (exact) mass is 304 g/mol. The zero-order valence-corrected chi connectivity index (χ0v) is 12.3. The lowest BCUT2D eigenvalue weighted by Crippen LogP contribution is -2.19. The van der Waals surface area contributed by atoms with Crippen molar-refractivity contribution in [2.24, 2.45) is 4.99 Å². The van der Waals surface area contributed by atoms with Crippen molar-refractivity contribution in [3.63, 3.8) is 0 Å². The largest absolute Gasteiger partial charge is 0.460 e. The Hall–Kier alpha value is -1.78. The van der Waals surface area contributed by atoms with E-state index in [-0.39, 0.29) is 12.4 Å². The first-order chi connectivity index (χ1) is 9.43. The Labute approximate surface area is 126 Å². The fraction of sp³-hybridized carbons (Fsp3) is 0.133. The van der Waals surface area contributed by atoms with Crippen LogP contribution >= 0.6 is 23.7 Å². The highest BCUT2D eigenvalue weighted by atomic mass is 35.5. The Balaban J connectivity index is 0.00000121. The number of rotatable bonds is 2. The zero-order valence-electron chi connectivity index (χ0n) is 10.6. The Bertz CT molecular complexity index is 761. The number of hydrogen-bond acceptors (Lipinski definition) is 4. The average molecular weight is 305 g/mol. The molecule has 1 aliphatic rings. The van der Waals surface area contributed by atoms with E-state index in [4.69, 9.17) is 4.42 Å². The standard InChI is InChI=1S/C15H12N2OS.ClH/c1-2-10-8-18-14(15-16-5-6-17-15)13(10)12(3-1)11-4-7-19-9-11;/h1-4,7-9H,5-6H2,(H,16,17);1H. The molecule has 1 aliphatic heterocycles. The Morgan fingerprint density at radius 2 is 2.20 bits per heavy atom. The summed E-state index contributed by atoms with van der Waals surface area (Å²) in [7, 11) is 0. The summed E-state index contributed by atoms with van der Waals surface area (Å²) < 4.78 is 5.75. The quantitative estimate of drug-likeness (QED) is 0.779. The van der Waals surface area contributed by atoms with Gasteiger partial charge >= 0.3 is 0 Å². The van der Waals surface area contributed by atoms with Crippen molar-refractivity contribution in [2.75, 3.05) is 13.1 Å². The third-order valence-electron chi connectivity index (χ3n) is 3.35. The first-order valence-corrected chi connectivity index (χ1v) is 7.19. The molecule has 0 fully saturated rings. The van der Waals surface area contributed by atoms with Gasteiger partial charge in [-0.05, 0) is 28.0 Å². The Kier molecular flexibility index (Phi) is 3.51. The molecule has 3 nitrogen and oxygen atoms in total. The Morgan fingerprint density at radius 1 is 1.25 bits per heavy atom. The lowest BCUT2D eigenvalue weighted by molar-refractivity contribution is 0.560. The van der Waals surface area contributed by atoms with Crippen LogP contribution in [0.5, 0.6) is 0 Å². The van der Waals surface area contributed by atoms with Crippen molar-refractivity contribution in [1.29, 1.82) is 0 Å². The second kappa shape index (κ2) is 5.31. The molecule has 3 heterocycles. The molecule has 3 aromatic rings. The van der Waals surface area contributed by atoms with Gasteiger partial charge in [0.25, 0.3) is 0 Å². The molecule has 0 radical (unpaired) electrons. The first kappa shape index (κ1) is 13.2. The molecule has 20 heavy (non-hydrogen) atoms. The molecule has 0 amide bonds. The zero-order chi connectivity index (χ0) is 12.7. The van der Waals surface area contributed by atoms with Crippen molar-refractivity contribution in [3.8, 4) is 11.1 Å². The van der Waals surface area contributed by atoms with Gasteiger partial charge in [0, 0.05) is 17.3 Å². The fourth-order valence-electron chi connectivity index (χ4n) is 2.49. The van der Waals surface area contributed by atoms with Crippen LogP contribution in [0.15, 0.2) is 50.7 Å². The van der Waals surface area contributed by atoms with Gasteiger partial charge in [0.1, 0.15) is 0 Å². The maximum absolute atomic E-state index is 5.75. The van der Waals surface area contributed by atoms with Gasteiger partial charge in [-0.3, -0.25) is 4.99 Å². The summed E-state index contributed by atoms with van der Waals surface area (Å²) in [5.41, 5.74) is 2.44. The van der Waals surface area contributed by atoms with Gasteiger partial charge < -0.3 is 9.73 Å². The van der Waals surface area contributed by atoms with Crippen LogP contribution in [0, 0.1) is 0 Å². The third kappa shape index (κ3) is 2.01. The number of thiophene rings is 1. The van der Waals surface area contributed by atoms with Gasteiger partial charge in [-0.15, -0.1) is 12.4 Å². The topological polar surface area (TPSA) is 37.5 Å². The molecule has 2 aromatic heterocycles. The molecule has 0 saturated heterocycles. The Morgan fingerprint density at radius 3 is 2.95 bits per heavy atom. The molecule has 1 N–H and O–H groups in total. The predicted molar refractivity (Wildman–Crippen MR) is 86.2 cm³/mol. The van der Waals surface area contributed by atoms with Gasteiger partial charge in [-0.2, -0.15) is 11.3 Å². The number of hydrogen-bond donors (Lipinski definition) is 1. The van der Waals surface area contributed by atoms with Crippen LogP contribution in [-0.2, 0) is 0 Å². The van der Waals surface area contributed by atoms with Crippen LogP contribution in [0.4, 0.5) is 0 Å². The van der Waals surface area contributed by atoms with Gasteiger partial charge in [0.15, 0.2) is 11.6 Å². The van der Waals surface area contributed by atoms with E-state index in [1.54, 1.807) is 11.3 Å². The van der Waals surface area contributed by atoms with Crippen LogP contribution in [0.25, 0.3) is 21.9 Å². The van der Waals surface area contributed by atoms with Crippen LogP contribution in [0.1, 0.15) is 5.76 Å². The highest BCUT2D eigenvalue weighted by Crippen LogP contribution is 2.33. The van der Waals surface area contributed by atoms with E-state index in [0.29, 0.717) is 0 Å². The summed E-state index contributed by atoms with van der Waals surface area (Å²) in [4.78, 5) is 4.47. The summed E-state index contributed by atoms with van der Waals surface area (Å²) in [5.74, 6) is 1.73. The molecule has 4 rings (SSSR count). The number of amidine groups is 1. The van der Waals surface area contributed by atoms with E-state index in [9.17, 15) is 0 Å². The van der Waals surface area contributed by atoms with Gasteiger partial charge in [0.2, 0.25) is 0 Å². The number of nitrogens with zero attached hydrogens (tertiary/aromatic N) is 1. The van der Waals surface area contributed by atoms with Crippen LogP contribution in [0.2, 0.25) is 0 Å². The number of furan rings is 1. The summed E-state index contributed by atoms with van der Waals surface area (Å²) >= 11 is 1.71. The number of fused-ring (bicyclic) bond motifs is 1. The number of benzene rings is 1. The van der Waals surface area contributed by atoms with E-state index >= 15 is 0 Å². The summed E-state index contributed by atoms with van der Waals surface area (Å²) in [6, 6.07) is 8.42. The minimum atomic E-state index is 0. The summed E-state index contributed by atoms with van der Waals surface area (Å²) in [5, 5.41) is 9.81. The van der Waals surface area contributed by atoms with Crippen LogP contribution < -0.4 is 5.32 Å². The van der Waals surface area contributed by atoms with E-state index in [2.05, 4.69) is 45.3 Å². The lowest BCUT2D eigenvalue weighted by atomic mass is 10.0. The highest BCUT2D eigenvalue weighted by molar-refractivity contribution is 7.08. The van der Waals surface area contributed by atoms with Gasteiger partial charge in [-0.25, -0.2) is 0 Å². The lowest BCUT2D eigenvalue weighted by Gasteiger charge is -2.04. The minimum absolute atomic E-state index is 0. The van der Waals surface area contributed by atoms with Crippen molar-refractivity contribution >= 4 is 40.4 Å². The molecule has 0 bridgehead atoms. The first-order valence-electron chi connectivity index (χ1n) is 6.25. The SMILES string of the molecule is Cl.c1cc(-c2ccsc2)c2c(C3=NCCN3)occ2c1. The van der Waals surface area contributed by atoms with Crippen LogP contribution in [0.3, 0.4) is 0 Å². The smallest absolute Gasteiger partial charge is 0.176 e. The molecule has 0 unspecified atom stereocenters. The number of aliphatic imine (C=N–C) groups is 1. The van der Waals surface area contributed by atoms with E-state index < -0.39 is 0 Å². The maximum Gasteiger partial charge on any atom is 0.176 e. The molecule has 5 heteroatoms. The maximum atomic E-state index is 5.75. The fourth-order valence-corrected chi connectivity index (χ4v) is 3.14. The normalized spacial score (nSPS) is 13.9. The molecular weight excluding hydrogens is 292 g/mol.